The second-order valence-corrected chi connectivity index (χ2v) is 7.90. The van der Waals surface area contributed by atoms with Crippen LogP contribution in [0.5, 0.6) is 0 Å². The lowest BCUT2D eigenvalue weighted by Crippen LogP contribution is -2.30. The fourth-order valence-corrected chi connectivity index (χ4v) is 4.32. The van der Waals surface area contributed by atoms with E-state index in [1.165, 1.54) is 6.07 Å². The topological polar surface area (TPSA) is 80.1 Å². The van der Waals surface area contributed by atoms with Crippen molar-refractivity contribution in [2.45, 2.75) is 51.7 Å². The van der Waals surface area contributed by atoms with Gasteiger partial charge >= 0.3 is 0 Å². The minimum Gasteiger partial charge on any atom is -0.379 e. The number of aromatic amines is 1. The number of pyridine rings is 1. The van der Waals surface area contributed by atoms with Crippen molar-refractivity contribution in [1.82, 2.24) is 24.3 Å². The summed E-state index contributed by atoms with van der Waals surface area (Å²) in [7, 11) is 0. The molecule has 1 aliphatic rings. The second kappa shape index (κ2) is 7.68. The number of nitrogens with one attached hydrogen (secondary N) is 2. The SMILES string of the molecule is CCOC1CCC(Nc2ncc3c(-c4cc(F)c5ncc(C)n5c4)c[nH]c3n2)CC1. The van der Waals surface area contributed by atoms with Crippen molar-refractivity contribution in [3.05, 3.63) is 42.4 Å². The highest BCUT2D eigenvalue weighted by molar-refractivity contribution is 5.93. The lowest BCUT2D eigenvalue weighted by atomic mass is 9.93. The fourth-order valence-electron chi connectivity index (χ4n) is 4.32. The van der Waals surface area contributed by atoms with E-state index in [0.29, 0.717) is 23.7 Å². The molecule has 0 aliphatic heterocycles. The number of anilines is 1. The maximum Gasteiger partial charge on any atom is 0.224 e. The fraction of sp³-hybridized carbons (Fsp3) is 0.409. The highest BCUT2D eigenvalue weighted by Gasteiger charge is 2.22. The molecule has 0 atom stereocenters. The molecule has 7 nitrogen and oxygen atoms in total. The lowest BCUT2D eigenvalue weighted by molar-refractivity contribution is 0.0346. The summed E-state index contributed by atoms with van der Waals surface area (Å²) in [5, 5.41) is 4.31. The Morgan fingerprint density at radius 2 is 2.07 bits per heavy atom. The number of ether oxygens (including phenoxy) is 1. The smallest absolute Gasteiger partial charge is 0.224 e. The molecule has 0 amide bonds. The average Bonchev–Trinajstić information content (AvgIpc) is 3.33. The van der Waals surface area contributed by atoms with Crippen molar-refractivity contribution in [1.29, 1.82) is 0 Å². The normalized spacial score (nSPS) is 19.6. The number of aryl methyl sites for hydroxylation is 1. The zero-order valence-corrected chi connectivity index (χ0v) is 17.2. The van der Waals surface area contributed by atoms with Crippen LogP contribution < -0.4 is 5.32 Å². The Morgan fingerprint density at radius 3 is 2.87 bits per heavy atom. The molecule has 1 fully saturated rings. The van der Waals surface area contributed by atoms with Gasteiger partial charge < -0.3 is 19.4 Å². The van der Waals surface area contributed by atoms with E-state index < -0.39 is 0 Å². The highest BCUT2D eigenvalue weighted by Crippen LogP contribution is 2.30. The number of nitrogens with zero attached hydrogens (tertiary/aromatic N) is 4. The molecule has 0 bridgehead atoms. The molecular weight excluding hydrogens is 383 g/mol. The third kappa shape index (κ3) is 3.41. The third-order valence-electron chi connectivity index (χ3n) is 5.90. The molecule has 8 heteroatoms. The standard InChI is InChI=1S/C22H25FN6O/c1-3-30-16-6-4-15(5-7-16)27-22-26-11-18-17(10-24-20(18)28-22)14-8-19(23)21-25-9-13(2)29(21)12-14/h8-12,15-16H,3-7H2,1-2H3,(H2,24,26,27,28). The van der Waals surface area contributed by atoms with Crippen molar-refractivity contribution in [2.75, 3.05) is 11.9 Å². The van der Waals surface area contributed by atoms with Crippen LogP contribution in [0, 0.1) is 12.7 Å². The van der Waals surface area contributed by atoms with Gasteiger partial charge in [0.15, 0.2) is 11.5 Å². The molecule has 1 saturated carbocycles. The minimum absolute atomic E-state index is 0.331. The molecule has 4 aromatic heterocycles. The van der Waals surface area contributed by atoms with E-state index in [0.717, 1.165) is 60.1 Å². The van der Waals surface area contributed by atoms with Crippen LogP contribution >= 0.6 is 0 Å². The van der Waals surface area contributed by atoms with Crippen LogP contribution in [0.2, 0.25) is 0 Å². The van der Waals surface area contributed by atoms with Crippen molar-refractivity contribution in [3.63, 3.8) is 0 Å². The third-order valence-corrected chi connectivity index (χ3v) is 5.90. The largest absolute Gasteiger partial charge is 0.379 e. The first-order valence-corrected chi connectivity index (χ1v) is 10.5. The Kier molecular flexibility index (Phi) is 4.86. The maximum absolute atomic E-state index is 14.5. The number of halogens is 1. The molecule has 0 saturated heterocycles. The zero-order valence-electron chi connectivity index (χ0n) is 17.2. The van der Waals surface area contributed by atoms with E-state index in [9.17, 15) is 4.39 Å². The van der Waals surface area contributed by atoms with Crippen LogP contribution in [0.3, 0.4) is 0 Å². The minimum atomic E-state index is -0.350. The van der Waals surface area contributed by atoms with Crippen LogP contribution in [0.4, 0.5) is 10.3 Å². The monoisotopic (exact) mass is 408 g/mol. The number of aromatic nitrogens is 5. The van der Waals surface area contributed by atoms with Gasteiger partial charge in [-0.15, -0.1) is 0 Å². The van der Waals surface area contributed by atoms with E-state index in [2.05, 4.69) is 25.3 Å². The first kappa shape index (κ1) is 19.0. The Morgan fingerprint density at radius 1 is 1.23 bits per heavy atom. The summed E-state index contributed by atoms with van der Waals surface area (Å²) in [4.78, 5) is 16.5. The summed E-state index contributed by atoms with van der Waals surface area (Å²) >= 11 is 0. The lowest BCUT2D eigenvalue weighted by Gasteiger charge is -2.28. The highest BCUT2D eigenvalue weighted by atomic mass is 19.1. The van der Waals surface area contributed by atoms with Crippen molar-refractivity contribution in [3.8, 4) is 11.1 Å². The van der Waals surface area contributed by atoms with Gasteiger partial charge in [-0.25, -0.2) is 14.4 Å². The van der Waals surface area contributed by atoms with Crippen LogP contribution in [0.15, 0.2) is 30.9 Å². The molecule has 0 unspecified atom stereocenters. The van der Waals surface area contributed by atoms with Crippen molar-refractivity contribution in [2.24, 2.45) is 0 Å². The number of hydrogen-bond donors (Lipinski definition) is 2. The molecule has 5 rings (SSSR count). The molecular formula is C22H25FN6O. The molecule has 30 heavy (non-hydrogen) atoms. The first-order valence-electron chi connectivity index (χ1n) is 10.5. The molecule has 4 heterocycles. The summed E-state index contributed by atoms with van der Waals surface area (Å²) < 4.78 is 22.0. The predicted molar refractivity (Wildman–Crippen MR) is 114 cm³/mol. The molecule has 0 spiro atoms. The van der Waals surface area contributed by atoms with Crippen LogP contribution in [0.1, 0.15) is 38.3 Å². The van der Waals surface area contributed by atoms with E-state index in [-0.39, 0.29) is 5.82 Å². The van der Waals surface area contributed by atoms with Crippen LogP contribution in [0.25, 0.3) is 27.8 Å². The Bertz CT molecular complexity index is 1190. The summed E-state index contributed by atoms with van der Waals surface area (Å²) in [6, 6.07) is 1.86. The Balaban J connectivity index is 1.39. The van der Waals surface area contributed by atoms with Gasteiger partial charge in [0.05, 0.1) is 6.10 Å². The van der Waals surface area contributed by atoms with Crippen LogP contribution in [-0.2, 0) is 4.74 Å². The quantitative estimate of drug-likeness (QED) is 0.509. The number of hydrogen-bond acceptors (Lipinski definition) is 5. The zero-order chi connectivity index (χ0) is 20.7. The van der Waals surface area contributed by atoms with Gasteiger partial charge in [0.2, 0.25) is 5.95 Å². The first-order chi connectivity index (χ1) is 14.6. The molecule has 156 valence electrons. The van der Waals surface area contributed by atoms with E-state index >= 15 is 0 Å². The summed E-state index contributed by atoms with van der Waals surface area (Å²) in [6.07, 6.45) is 11.8. The van der Waals surface area contributed by atoms with Gasteiger partial charge in [-0.1, -0.05) is 0 Å². The Labute approximate surface area is 173 Å². The summed E-state index contributed by atoms with van der Waals surface area (Å²) in [5.74, 6) is 0.264. The number of fused-ring (bicyclic) bond motifs is 2. The van der Waals surface area contributed by atoms with Crippen molar-refractivity contribution >= 4 is 22.6 Å². The molecule has 4 aromatic rings. The Hall–Kier alpha value is -3.00. The maximum atomic E-state index is 14.5. The van der Waals surface area contributed by atoms with Crippen LogP contribution in [-0.4, -0.2) is 43.1 Å². The average molecular weight is 408 g/mol. The van der Waals surface area contributed by atoms with E-state index in [4.69, 9.17) is 4.74 Å². The van der Waals surface area contributed by atoms with Gasteiger partial charge in [-0.3, -0.25) is 0 Å². The van der Waals surface area contributed by atoms with Gasteiger partial charge in [0, 0.05) is 59.6 Å². The molecule has 0 radical (unpaired) electrons. The summed E-state index contributed by atoms with van der Waals surface area (Å²) in [5.41, 5.74) is 3.56. The van der Waals surface area contributed by atoms with Gasteiger partial charge in [-0.05, 0) is 45.6 Å². The number of imidazole rings is 1. The van der Waals surface area contributed by atoms with Crippen molar-refractivity contribution < 1.29 is 9.13 Å². The molecule has 1 aliphatic carbocycles. The number of rotatable bonds is 5. The predicted octanol–water partition coefficient (Wildman–Crippen LogP) is 4.48. The summed E-state index contributed by atoms with van der Waals surface area (Å²) in [6.45, 7) is 4.72. The van der Waals surface area contributed by atoms with Gasteiger partial charge in [0.1, 0.15) is 5.65 Å². The van der Waals surface area contributed by atoms with E-state index in [1.807, 2.05) is 26.2 Å². The van der Waals surface area contributed by atoms with E-state index in [1.54, 1.807) is 16.8 Å². The molecule has 2 N–H and O–H groups in total. The van der Waals surface area contributed by atoms with Gasteiger partial charge in [0.25, 0.3) is 0 Å². The number of H-pyrrole nitrogens is 1. The molecule has 0 aromatic carbocycles. The second-order valence-electron chi connectivity index (χ2n) is 7.90. The van der Waals surface area contributed by atoms with Gasteiger partial charge in [-0.2, -0.15) is 4.98 Å².